The molecule has 0 unspecified atom stereocenters. The molecule has 6 heteroatoms. The number of aromatic nitrogens is 2. The van der Waals surface area contributed by atoms with E-state index >= 15 is 0 Å². The van der Waals surface area contributed by atoms with Gasteiger partial charge in [-0.15, -0.1) is 0 Å². The lowest BCUT2D eigenvalue weighted by Crippen LogP contribution is -2.37. The molecule has 0 spiro atoms. The summed E-state index contributed by atoms with van der Waals surface area (Å²) in [5, 5.41) is 6.55. The number of nitrogens with one attached hydrogen (secondary N) is 1. The summed E-state index contributed by atoms with van der Waals surface area (Å²) in [5.41, 5.74) is 0.0711. The van der Waals surface area contributed by atoms with Gasteiger partial charge in [0.15, 0.2) is 0 Å². The SMILES string of the molecule is O=C(N[C@H]1CC[C@@H]2CCC[C@@H]21)c1ccn(C(F)F)n1. The Morgan fingerprint density at radius 1 is 1.37 bits per heavy atom. The quantitative estimate of drug-likeness (QED) is 0.916. The monoisotopic (exact) mass is 269 g/mol. The van der Waals surface area contributed by atoms with Crippen molar-refractivity contribution in [3.8, 4) is 0 Å². The molecule has 0 aromatic carbocycles. The van der Waals surface area contributed by atoms with E-state index in [9.17, 15) is 13.6 Å². The minimum atomic E-state index is -2.70. The highest BCUT2D eigenvalue weighted by Crippen LogP contribution is 2.43. The Labute approximate surface area is 110 Å². The molecule has 0 radical (unpaired) electrons. The Bertz CT molecular complexity index is 474. The number of carbonyl (C=O) groups is 1. The number of amides is 1. The van der Waals surface area contributed by atoms with Crippen LogP contribution in [0.15, 0.2) is 12.3 Å². The number of nitrogens with zero attached hydrogens (tertiary/aromatic N) is 2. The van der Waals surface area contributed by atoms with Crippen molar-refractivity contribution in [1.29, 1.82) is 0 Å². The minimum absolute atomic E-state index is 0.0711. The second kappa shape index (κ2) is 4.90. The van der Waals surface area contributed by atoms with Gasteiger partial charge in [-0.05, 0) is 37.2 Å². The second-order valence-corrected chi connectivity index (χ2v) is 5.47. The number of hydrogen-bond acceptors (Lipinski definition) is 2. The summed E-state index contributed by atoms with van der Waals surface area (Å²) in [4.78, 5) is 12.0. The number of rotatable bonds is 3. The maximum Gasteiger partial charge on any atom is 0.333 e. The molecule has 2 fully saturated rings. The maximum atomic E-state index is 12.4. The van der Waals surface area contributed by atoms with Gasteiger partial charge in [0, 0.05) is 12.2 Å². The molecule has 2 aliphatic carbocycles. The molecule has 3 rings (SSSR count). The van der Waals surface area contributed by atoms with Crippen molar-refractivity contribution in [3.63, 3.8) is 0 Å². The van der Waals surface area contributed by atoms with E-state index in [4.69, 9.17) is 0 Å². The Morgan fingerprint density at radius 2 is 2.21 bits per heavy atom. The summed E-state index contributed by atoms with van der Waals surface area (Å²) in [6.07, 6.45) is 6.96. The van der Waals surface area contributed by atoms with Crippen LogP contribution in [0, 0.1) is 11.8 Å². The second-order valence-electron chi connectivity index (χ2n) is 5.47. The van der Waals surface area contributed by atoms with Gasteiger partial charge < -0.3 is 5.32 Å². The van der Waals surface area contributed by atoms with E-state index in [0.717, 1.165) is 18.5 Å². The molecule has 3 atom stereocenters. The van der Waals surface area contributed by atoms with Gasteiger partial charge in [0.25, 0.3) is 5.91 Å². The van der Waals surface area contributed by atoms with E-state index in [0.29, 0.717) is 10.6 Å². The van der Waals surface area contributed by atoms with Crippen molar-refractivity contribution in [2.45, 2.75) is 44.7 Å². The fourth-order valence-electron chi connectivity index (χ4n) is 3.55. The summed E-state index contributed by atoms with van der Waals surface area (Å²) < 4.78 is 25.3. The first-order chi connectivity index (χ1) is 9.15. The Kier molecular flexibility index (Phi) is 3.24. The highest BCUT2D eigenvalue weighted by atomic mass is 19.3. The zero-order valence-corrected chi connectivity index (χ0v) is 10.6. The van der Waals surface area contributed by atoms with Gasteiger partial charge in [0.2, 0.25) is 0 Å². The van der Waals surface area contributed by atoms with E-state index in [-0.39, 0.29) is 17.6 Å². The van der Waals surface area contributed by atoms with Crippen LogP contribution in [0.1, 0.15) is 49.1 Å². The van der Waals surface area contributed by atoms with E-state index < -0.39 is 6.55 Å². The molecular weight excluding hydrogens is 252 g/mol. The van der Waals surface area contributed by atoms with Crippen molar-refractivity contribution >= 4 is 5.91 Å². The van der Waals surface area contributed by atoms with Gasteiger partial charge in [-0.25, -0.2) is 4.68 Å². The van der Waals surface area contributed by atoms with Crippen LogP contribution < -0.4 is 5.32 Å². The minimum Gasteiger partial charge on any atom is -0.348 e. The summed E-state index contributed by atoms with van der Waals surface area (Å²) in [6, 6.07) is 1.53. The molecule has 1 amide bonds. The van der Waals surface area contributed by atoms with Crippen molar-refractivity contribution in [1.82, 2.24) is 15.1 Å². The van der Waals surface area contributed by atoms with Crippen molar-refractivity contribution in [2.75, 3.05) is 0 Å². The molecule has 0 saturated heterocycles. The molecule has 2 saturated carbocycles. The van der Waals surface area contributed by atoms with Crippen LogP contribution >= 0.6 is 0 Å². The predicted molar refractivity (Wildman–Crippen MR) is 64.8 cm³/mol. The first-order valence-electron chi connectivity index (χ1n) is 6.79. The largest absolute Gasteiger partial charge is 0.348 e. The van der Waals surface area contributed by atoms with E-state index in [1.165, 1.54) is 31.7 Å². The fourth-order valence-corrected chi connectivity index (χ4v) is 3.55. The molecule has 1 aromatic rings. The standard InChI is InChI=1S/C13H17F2N3O/c14-13(15)18-7-6-11(17-18)12(19)16-10-5-4-8-2-1-3-9(8)10/h6-10,13H,1-5H2,(H,16,19)/t8-,9-,10-/m0/s1. The van der Waals surface area contributed by atoms with Crippen molar-refractivity contribution < 1.29 is 13.6 Å². The Hall–Kier alpha value is -1.46. The first-order valence-corrected chi connectivity index (χ1v) is 6.79. The van der Waals surface area contributed by atoms with E-state index in [2.05, 4.69) is 10.4 Å². The lowest BCUT2D eigenvalue weighted by Gasteiger charge is -2.19. The smallest absolute Gasteiger partial charge is 0.333 e. The fraction of sp³-hybridized carbons (Fsp3) is 0.692. The molecule has 104 valence electrons. The maximum absolute atomic E-state index is 12.4. The third-order valence-corrected chi connectivity index (χ3v) is 4.44. The van der Waals surface area contributed by atoms with Crippen LogP contribution in [0.3, 0.4) is 0 Å². The molecule has 19 heavy (non-hydrogen) atoms. The van der Waals surface area contributed by atoms with Crippen LogP contribution in [-0.2, 0) is 0 Å². The van der Waals surface area contributed by atoms with Crippen LogP contribution in [0.5, 0.6) is 0 Å². The molecule has 0 bridgehead atoms. The van der Waals surface area contributed by atoms with Gasteiger partial charge in [-0.3, -0.25) is 4.79 Å². The average Bonchev–Trinajstić information content (AvgIpc) is 3.05. The highest BCUT2D eigenvalue weighted by molar-refractivity contribution is 5.92. The van der Waals surface area contributed by atoms with E-state index in [1.807, 2.05) is 0 Å². The molecule has 1 aromatic heterocycles. The lowest BCUT2D eigenvalue weighted by atomic mass is 9.97. The number of halogens is 2. The van der Waals surface area contributed by atoms with Crippen molar-refractivity contribution in [3.05, 3.63) is 18.0 Å². The summed E-state index contributed by atoms with van der Waals surface area (Å²) in [6.45, 7) is -2.70. The number of fused-ring (bicyclic) bond motifs is 1. The zero-order valence-electron chi connectivity index (χ0n) is 10.6. The van der Waals surface area contributed by atoms with Gasteiger partial charge in [-0.2, -0.15) is 13.9 Å². The van der Waals surface area contributed by atoms with Gasteiger partial charge in [0.05, 0.1) is 0 Å². The van der Waals surface area contributed by atoms with Gasteiger partial charge in [-0.1, -0.05) is 12.8 Å². The Balaban J connectivity index is 1.64. The van der Waals surface area contributed by atoms with Gasteiger partial charge in [0.1, 0.15) is 5.69 Å². The third kappa shape index (κ3) is 2.35. The first kappa shape index (κ1) is 12.6. The lowest BCUT2D eigenvalue weighted by molar-refractivity contribution is 0.0559. The number of hydrogen-bond donors (Lipinski definition) is 1. The van der Waals surface area contributed by atoms with Crippen molar-refractivity contribution in [2.24, 2.45) is 11.8 Å². The topological polar surface area (TPSA) is 46.9 Å². The normalized spacial score (nSPS) is 29.7. The van der Waals surface area contributed by atoms with E-state index in [1.54, 1.807) is 0 Å². The zero-order chi connectivity index (χ0) is 13.4. The molecule has 1 N–H and O–H groups in total. The molecule has 4 nitrogen and oxygen atoms in total. The summed E-state index contributed by atoms with van der Waals surface area (Å²) in [5.74, 6) is 0.974. The number of carbonyl (C=O) groups excluding carboxylic acids is 1. The van der Waals surface area contributed by atoms with Crippen LogP contribution in [0.25, 0.3) is 0 Å². The summed E-state index contributed by atoms with van der Waals surface area (Å²) in [7, 11) is 0. The predicted octanol–water partition coefficient (Wildman–Crippen LogP) is 2.59. The molecular formula is C13H17F2N3O. The van der Waals surface area contributed by atoms with Gasteiger partial charge >= 0.3 is 6.55 Å². The average molecular weight is 269 g/mol. The molecule has 1 heterocycles. The van der Waals surface area contributed by atoms with Crippen LogP contribution in [-0.4, -0.2) is 21.7 Å². The molecule has 2 aliphatic rings. The summed E-state index contributed by atoms with van der Waals surface area (Å²) >= 11 is 0. The molecule has 0 aliphatic heterocycles. The third-order valence-electron chi connectivity index (χ3n) is 4.44. The number of alkyl halides is 2. The highest BCUT2D eigenvalue weighted by Gasteiger charge is 2.39. The van der Waals surface area contributed by atoms with Crippen LogP contribution in [0.2, 0.25) is 0 Å². The van der Waals surface area contributed by atoms with Crippen LogP contribution in [0.4, 0.5) is 8.78 Å². The Morgan fingerprint density at radius 3 is 2.95 bits per heavy atom.